The van der Waals surface area contributed by atoms with Gasteiger partial charge < -0.3 is 5.32 Å². The number of aryl methyl sites for hydroxylation is 1. The molecule has 2 aromatic carbocycles. The summed E-state index contributed by atoms with van der Waals surface area (Å²) in [6.45, 7) is 1.64. The Hall–Kier alpha value is -3.18. The van der Waals surface area contributed by atoms with Gasteiger partial charge in [0.1, 0.15) is 5.82 Å². The number of carbonyl (C=O) groups excluding carboxylic acids is 1. The van der Waals surface area contributed by atoms with Crippen molar-refractivity contribution in [1.29, 1.82) is 0 Å². The van der Waals surface area contributed by atoms with Gasteiger partial charge in [-0.2, -0.15) is 18.3 Å². The van der Waals surface area contributed by atoms with Crippen molar-refractivity contribution in [2.75, 3.05) is 19.4 Å². The number of halogens is 3. The van der Waals surface area contributed by atoms with Crippen LogP contribution >= 0.6 is 0 Å². The molecule has 0 aliphatic rings. The fraction of sp³-hybridized carbons (Fsp3) is 0.200. The highest BCUT2D eigenvalue weighted by Crippen LogP contribution is 2.31. The van der Waals surface area contributed by atoms with Crippen molar-refractivity contribution < 1.29 is 26.4 Å². The SMILES string of the molecule is Cc1cc(NC(=O)c2ccc(S(=O)(=O)N(C)C)cc2)n(-c2cccc(C(F)(F)F)c2)n1. The van der Waals surface area contributed by atoms with Crippen LogP contribution in [0.25, 0.3) is 5.69 Å². The van der Waals surface area contributed by atoms with Crippen molar-refractivity contribution in [3.63, 3.8) is 0 Å². The number of aromatic nitrogens is 2. The van der Waals surface area contributed by atoms with Gasteiger partial charge in [-0.25, -0.2) is 17.4 Å². The average Bonchev–Trinajstić information content (AvgIpc) is 3.07. The predicted octanol–water partition coefficient (Wildman–Crippen LogP) is 3.70. The number of carbonyl (C=O) groups is 1. The van der Waals surface area contributed by atoms with Gasteiger partial charge in [-0.1, -0.05) is 6.07 Å². The van der Waals surface area contributed by atoms with Crippen LogP contribution in [-0.4, -0.2) is 42.5 Å². The summed E-state index contributed by atoms with van der Waals surface area (Å²) < 4.78 is 65.7. The number of nitrogens with one attached hydrogen (secondary N) is 1. The van der Waals surface area contributed by atoms with Crippen LogP contribution in [0.1, 0.15) is 21.6 Å². The molecule has 0 unspecified atom stereocenters. The molecular formula is C20H19F3N4O3S. The van der Waals surface area contributed by atoms with E-state index in [4.69, 9.17) is 0 Å². The maximum atomic E-state index is 13.0. The van der Waals surface area contributed by atoms with E-state index in [0.717, 1.165) is 16.4 Å². The maximum Gasteiger partial charge on any atom is 0.416 e. The highest BCUT2D eigenvalue weighted by atomic mass is 32.2. The number of benzene rings is 2. The van der Waals surface area contributed by atoms with Crippen molar-refractivity contribution in [3.8, 4) is 5.69 Å². The van der Waals surface area contributed by atoms with E-state index in [2.05, 4.69) is 10.4 Å². The quantitative estimate of drug-likeness (QED) is 0.640. The summed E-state index contributed by atoms with van der Waals surface area (Å²) in [6, 6.07) is 11.4. The van der Waals surface area contributed by atoms with Crippen molar-refractivity contribution in [3.05, 3.63) is 71.4 Å². The van der Waals surface area contributed by atoms with Gasteiger partial charge in [-0.3, -0.25) is 4.79 Å². The number of hydrogen-bond acceptors (Lipinski definition) is 4. The van der Waals surface area contributed by atoms with Gasteiger partial charge in [0.25, 0.3) is 5.91 Å². The van der Waals surface area contributed by atoms with E-state index in [1.807, 2.05) is 0 Å². The van der Waals surface area contributed by atoms with Gasteiger partial charge in [0.2, 0.25) is 10.0 Å². The lowest BCUT2D eigenvalue weighted by molar-refractivity contribution is -0.137. The first-order chi connectivity index (χ1) is 14.4. The summed E-state index contributed by atoms with van der Waals surface area (Å²) in [6.07, 6.45) is -4.52. The Kier molecular flexibility index (Phi) is 5.92. The lowest BCUT2D eigenvalue weighted by Crippen LogP contribution is -2.22. The molecule has 0 saturated heterocycles. The normalized spacial score (nSPS) is 12.2. The minimum atomic E-state index is -4.52. The van der Waals surface area contributed by atoms with Gasteiger partial charge in [-0.15, -0.1) is 0 Å². The van der Waals surface area contributed by atoms with Crippen LogP contribution in [0, 0.1) is 6.92 Å². The molecule has 0 saturated carbocycles. The molecular weight excluding hydrogens is 433 g/mol. The summed E-state index contributed by atoms with van der Waals surface area (Å²) in [5.41, 5.74) is -0.0499. The zero-order chi connectivity index (χ0) is 23.0. The Morgan fingerprint density at radius 2 is 1.71 bits per heavy atom. The number of anilines is 1. The third-order valence-corrected chi connectivity index (χ3v) is 6.22. The molecule has 1 aromatic heterocycles. The van der Waals surface area contributed by atoms with Gasteiger partial charge in [-0.05, 0) is 49.4 Å². The molecule has 0 radical (unpaired) electrons. The molecule has 0 atom stereocenters. The van der Waals surface area contributed by atoms with Crippen LogP contribution in [0.4, 0.5) is 19.0 Å². The summed E-state index contributed by atoms with van der Waals surface area (Å²) in [5.74, 6) is -0.395. The molecule has 0 aliphatic heterocycles. The lowest BCUT2D eigenvalue weighted by Gasteiger charge is -2.13. The highest BCUT2D eigenvalue weighted by molar-refractivity contribution is 7.89. The number of hydrogen-bond donors (Lipinski definition) is 1. The first kappa shape index (κ1) is 22.5. The Labute approximate surface area is 177 Å². The van der Waals surface area contributed by atoms with Crippen molar-refractivity contribution >= 4 is 21.7 Å². The third kappa shape index (κ3) is 4.78. The predicted molar refractivity (Wildman–Crippen MR) is 109 cm³/mol. The zero-order valence-electron chi connectivity index (χ0n) is 16.8. The van der Waals surface area contributed by atoms with E-state index in [1.54, 1.807) is 6.92 Å². The van der Waals surface area contributed by atoms with E-state index in [9.17, 15) is 26.4 Å². The number of amides is 1. The Morgan fingerprint density at radius 3 is 2.29 bits per heavy atom. The van der Waals surface area contributed by atoms with Gasteiger partial charge in [0.05, 0.1) is 21.8 Å². The van der Waals surface area contributed by atoms with Crippen LogP contribution < -0.4 is 5.32 Å². The summed E-state index contributed by atoms with van der Waals surface area (Å²) >= 11 is 0. The van der Waals surface area contributed by atoms with Crippen molar-refractivity contribution in [2.45, 2.75) is 18.0 Å². The van der Waals surface area contributed by atoms with Crippen LogP contribution in [0.3, 0.4) is 0 Å². The second kappa shape index (κ2) is 8.16. The first-order valence-electron chi connectivity index (χ1n) is 8.98. The van der Waals surface area contributed by atoms with E-state index < -0.39 is 27.7 Å². The van der Waals surface area contributed by atoms with E-state index in [-0.39, 0.29) is 22.0 Å². The second-order valence-electron chi connectivity index (χ2n) is 6.90. The Morgan fingerprint density at radius 1 is 1.06 bits per heavy atom. The highest BCUT2D eigenvalue weighted by Gasteiger charge is 2.30. The third-order valence-electron chi connectivity index (χ3n) is 4.39. The number of rotatable bonds is 5. The zero-order valence-corrected chi connectivity index (χ0v) is 17.6. The molecule has 0 fully saturated rings. The summed E-state index contributed by atoms with van der Waals surface area (Å²) in [5, 5.41) is 6.77. The Balaban J connectivity index is 1.89. The molecule has 1 N–H and O–H groups in total. The molecule has 164 valence electrons. The molecule has 0 spiro atoms. The number of nitrogens with zero attached hydrogens (tertiary/aromatic N) is 3. The minimum absolute atomic E-state index is 0.0268. The molecule has 7 nitrogen and oxygen atoms in total. The molecule has 3 aromatic rings. The number of sulfonamides is 1. The summed E-state index contributed by atoms with van der Waals surface area (Å²) in [4.78, 5) is 12.7. The van der Waals surface area contributed by atoms with Crippen LogP contribution in [0.15, 0.2) is 59.5 Å². The van der Waals surface area contributed by atoms with E-state index >= 15 is 0 Å². The molecule has 11 heteroatoms. The van der Waals surface area contributed by atoms with Crippen LogP contribution in [-0.2, 0) is 16.2 Å². The molecule has 3 rings (SSSR count). The Bertz CT molecular complexity index is 1220. The minimum Gasteiger partial charge on any atom is -0.306 e. The van der Waals surface area contributed by atoms with Crippen molar-refractivity contribution in [1.82, 2.24) is 14.1 Å². The molecule has 0 aliphatic carbocycles. The van der Waals surface area contributed by atoms with Gasteiger partial charge in [0.15, 0.2) is 0 Å². The topological polar surface area (TPSA) is 84.3 Å². The maximum absolute atomic E-state index is 13.0. The number of alkyl halides is 3. The molecule has 31 heavy (non-hydrogen) atoms. The van der Waals surface area contributed by atoms with E-state index in [0.29, 0.717) is 5.69 Å². The van der Waals surface area contributed by atoms with Crippen molar-refractivity contribution in [2.24, 2.45) is 0 Å². The second-order valence-corrected chi connectivity index (χ2v) is 9.05. The lowest BCUT2D eigenvalue weighted by atomic mass is 10.2. The fourth-order valence-corrected chi connectivity index (χ4v) is 3.68. The fourth-order valence-electron chi connectivity index (χ4n) is 2.78. The van der Waals surface area contributed by atoms with Gasteiger partial charge >= 0.3 is 6.18 Å². The van der Waals surface area contributed by atoms with Crippen LogP contribution in [0.2, 0.25) is 0 Å². The van der Waals surface area contributed by atoms with Crippen LogP contribution in [0.5, 0.6) is 0 Å². The monoisotopic (exact) mass is 452 g/mol. The van der Waals surface area contributed by atoms with E-state index in [1.165, 1.54) is 61.2 Å². The van der Waals surface area contributed by atoms with Gasteiger partial charge in [0, 0.05) is 25.7 Å². The first-order valence-corrected chi connectivity index (χ1v) is 10.4. The average molecular weight is 452 g/mol. The standard InChI is InChI=1S/C20H19F3N4O3S/c1-13-11-18(27(25-13)16-6-4-5-15(12-16)20(21,22)23)24-19(28)14-7-9-17(10-8-14)31(29,30)26(2)3/h4-12H,1-3H3,(H,24,28). The summed E-state index contributed by atoms with van der Waals surface area (Å²) in [7, 11) is -0.846. The molecule has 1 heterocycles. The molecule has 0 bridgehead atoms. The smallest absolute Gasteiger partial charge is 0.306 e. The largest absolute Gasteiger partial charge is 0.416 e. The molecule has 1 amide bonds.